The van der Waals surface area contributed by atoms with E-state index in [9.17, 15) is 9.90 Å². The Morgan fingerprint density at radius 3 is 2.39 bits per heavy atom. The predicted octanol–water partition coefficient (Wildman–Crippen LogP) is 1.73. The highest BCUT2D eigenvalue weighted by molar-refractivity contribution is 5.93. The van der Waals surface area contributed by atoms with Crippen LogP contribution in [0.2, 0.25) is 0 Å². The van der Waals surface area contributed by atoms with E-state index in [0.717, 1.165) is 57.7 Å². The Morgan fingerprint density at radius 1 is 1.06 bits per heavy atom. The highest BCUT2D eigenvalue weighted by Crippen LogP contribution is 2.34. The lowest BCUT2D eigenvalue weighted by Gasteiger charge is -2.34. The first-order valence-electron chi connectivity index (χ1n) is 12.4. The second-order valence-electron chi connectivity index (χ2n) is 9.05. The molecule has 5 rings (SSSR count). The third-order valence-electron chi connectivity index (χ3n) is 6.48. The van der Waals surface area contributed by atoms with Gasteiger partial charge in [-0.3, -0.25) is 4.90 Å². The Kier molecular flexibility index (Phi) is 8.62. The van der Waals surface area contributed by atoms with Crippen molar-refractivity contribution in [1.82, 2.24) is 34.7 Å². The lowest BCUT2D eigenvalue weighted by Crippen LogP contribution is -2.47. The third kappa shape index (κ3) is 5.89. The molecule has 12 nitrogen and oxygen atoms in total. The Bertz CT molecular complexity index is 1140. The number of hydrogen-bond donors (Lipinski definition) is 4. The SMILES string of the molecule is CNC.O=C(O)c1cc2cnc(Nc3cnc(N4CCN(CCO)CC4)cn3)nc2n1C1CCCC1. The van der Waals surface area contributed by atoms with Gasteiger partial charge < -0.3 is 30.3 Å². The molecule has 2 fully saturated rings. The average Bonchev–Trinajstić information content (AvgIpc) is 3.53. The molecule has 1 aliphatic heterocycles. The second-order valence-corrected chi connectivity index (χ2v) is 9.05. The second kappa shape index (κ2) is 12.1. The number of rotatable bonds is 7. The molecule has 3 aromatic heterocycles. The first-order valence-corrected chi connectivity index (χ1v) is 12.4. The fraction of sp³-hybridized carbons (Fsp3) is 0.542. The molecule has 0 atom stereocenters. The van der Waals surface area contributed by atoms with Gasteiger partial charge in [0.05, 0.1) is 19.0 Å². The molecule has 1 saturated carbocycles. The molecule has 0 spiro atoms. The summed E-state index contributed by atoms with van der Waals surface area (Å²) in [7, 11) is 3.75. The number of carboxylic acid groups (broad SMARTS) is 1. The van der Waals surface area contributed by atoms with Crippen LogP contribution >= 0.6 is 0 Å². The smallest absolute Gasteiger partial charge is 0.352 e. The van der Waals surface area contributed by atoms with Crippen molar-refractivity contribution in [3.63, 3.8) is 0 Å². The van der Waals surface area contributed by atoms with E-state index in [4.69, 9.17) is 5.11 Å². The number of fused-ring (bicyclic) bond motifs is 1. The van der Waals surface area contributed by atoms with Crippen LogP contribution in [0.3, 0.4) is 0 Å². The molecule has 36 heavy (non-hydrogen) atoms. The molecular formula is C24H35N9O3. The van der Waals surface area contributed by atoms with Gasteiger partial charge in [-0.05, 0) is 33.0 Å². The van der Waals surface area contributed by atoms with Gasteiger partial charge >= 0.3 is 5.97 Å². The van der Waals surface area contributed by atoms with Crippen molar-refractivity contribution in [3.05, 3.63) is 30.4 Å². The number of carboxylic acids is 1. The highest BCUT2D eigenvalue weighted by atomic mass is 16.4. The molecule has 1 saturated heterocycles. The van der Waals surface area contributed by atoms with E-state index in [1.165, 1.54) is 0 Å². The zero-order valence-electron chi connectivity index (χ0n) is 20.9. The minimum atomic E-state index is -0.951. The molecular weight excluding hydrogens is 462 g/mol. The van der Waals surface area contributed by atoms with Crippen molar-refractivity contribution in [1.29, 1.82) is 0 Å². The van der Waals surface area contributed by atoms with Crippen molar-refractivity contribution in [2.45, 2.75) is 31.7 Å². The number of nitrogens with one attached hydrogen (secondary N) is 2. The summed E-state index contributed by atoms with van der Waals surface area (Å²) in [5.74, 6) is 0.737. The van der Waals surface area contributed by atoms with Gasteiger partial charge in [-0.25, -0.2) is 19.7 Å². The predicted molar refractivity (Wildman–Crippen MR) is 138 cm³/mol. The maximum atomic E-state index is 11.8. The molecule has 0 aromatic carbocycles. The van der Waals surface area contributed by atoms with Gasteiger partial charge in [0.2, 0.25) is 5.95 Å². The fourth-order valence-electron chi connectivity index (χ4n) is 4.77. The first kappa shape index (κ1) is 25.7. The molecule has 194 valence electrons. The zero-order chi connectivity index (χ0) is 25.5. The van der Waals surface area contributed by atoms with Crippen LogP contribution in [0.4, 0.5) is 17.6 Å². The molecule has 0 unspecified atom stereocenters. The van der Waals surface area contributed by atoms with Crippen molar-refractivity contribution in [2.24, 2.45) is 0 Å². The molecule has 4 N–H and O–H groups in total. The van der Waals surface area contributed by atoms with Crippen LogP contribution in [0, 0.1) is 0 Å². The topological polar surface area (TPSA) is 145 Å². The summed E-state index contributed by atoms with van der Waals surface area (Å²) in [4.78, 5) is 34.2. The number of hydrogen-bond acceptors (Lipinski definition) is 10. The van der Waals surface area contributed by atoms with Crippen LogP contribution < -0.4 is 15.5 Å². The van der Waals surface area contributed by atoms with Gasteiger partial charge in [-0.1, -0.05) is 12.8 Å². The first-order chi connectivity index (χ1) is 17.5. The van der Waals surface area contributed by atoms with Gasteiger partial charge in [0, 0.05) is 50.3 Å². The molecule has 2 aliphatic rings. The summed E-state index contributed by atoms with van der Waals surface area (Å²) in [5.41, 5.74) is 0.883. The van der Waals surface area contributed by atoms with Crippen molar-refractivity contribution < 1.29 is 15.0 Å². The Morgan fingerprint density at radius 2 is 1.78 bits per heavy atom. The van der Waals surface area contributed by atoms with Gasteiger partial charge in [0.25, 0.3) is 0 Å². The van der Waals surface area contributed by atoms with Crippen LogP contribution in [-0.2, 0) is 0 Å². The summed E-state index contributed by atoms with van der Waals surface area (Å²) in [5, 5.41) is 25.3. The molecule has 0 bridgehead atoms. The monoisotopic (exact) mass is 497 g/mol. The lowest BCUT2D eigenvalue weighted by atomic mass is 10.2. The number of nitrogens with zero attached hydrogens (tertiary/aromatic N) is 7. The molecule has 4 heterocycles. The van der Waals surface area contributed by atoms with Crippen LogP contribution in [-0.4, -0.2) is 99.0 Å². The minimum Gasteiger partial charge on any atom is -0.477 e. The van der Waals surface area contributed by atoms with E-state index in [0.29, 0.717) is 29.3 Å². The van der Waals surface area contributed by atoms with E-state index in [1.807, 2.05) is 18.7 Å². The highest BCUT2D eigenvalue weighted by Gasteiger charge is 2.25. The number of anilines is 3. The molecule has 0 amide bonds. The molecule has 0 radical (unpaired) electrons. The third-order valence-corrected chi connectivity index (χ3v) is 6.48. The van der Waals surface area contributed by atoms with Gasteiger partial charge in [0.1, 0.15) is 17.2 Å². The molecule has 12 heteroatoms. The number of piperazine rings is 1. The Labute approximate surface area is 210 Å². The number of aliphatic hydroxyl groups is 1. The maximum Gasteiger partial charge on any atom is 0.352 e. The number of carbonyl (C=O) groups is 1. The van der Waals surface area contributed by atoms with Gasteiger partial charge in [-0.2, -0.15) is 4.98 Å². The molecule has 3 aromatic rings. The summed E-state index contributed by atoms with van der Waals surface area (Å²) in [6, 6.07) is 1.79. The van der Waals surface area contributed by atoms with Crippen molar-refractivity contribution >= 4 is 34.6 Å². The summed E-state index contributed by atoms with van der Waals surface area (Å²) in [6.07, 6.45) is 9.14. The number of β-amino-alcohol motifs (C(OH)–C–C–N with tert-alkyl or cyclic N) is 1. The van der Waals surface area contributed by atoms with E-state index < -0.39 is 5.97 Å². The normalized spacial score (nSPS) is 16.7. The van der Waals surface area contributed by atoms with E-state index >= 15 is 0 Å². The van der Waals surface area contributed by atoms with E-state index in [1.54, 1.807) is 24.7 Å². The zero-order valence-corrected chi connectivity index (χ0v) is 20.9. The van der Waals surface area contributed by atoms with Crippen molar-refractivity contribution in [2.75, 3.05) is 63.6 Å². The quantitative estimate of drug-likeness (QED) is 0.379. The Hall–Kier alpha value is -3.35. The maximum absolute atomic E-state index is 11.8. The van der Waals surface area contributed by atoms with Crippen LogP contribution in [0.1, 0.15) is 42.2 Å². The van der Waals surface area contributed by atoms with Gasteiger partial charge in [0.15, 0.2) is 5.82 Å². The van der Waals surface area contributed by atoms with Crippen molar-refractivity contribution in [3.8, 4) is 0 Å². The summed E-state index contributed by atoms with van der Waals surface area (Å²) in [6.45, 7) is 4.32. The summed E-state index contributed by atoms with van der Waals surface area (Å²) < 4.78 is 1.85. The van der Waals surface area contributed by atoms with Crippen LogP contribution in [0.15, 0.2) is 24.7 Å². The number of aliphatic hydroxyl groups excluding tert-OH is 1. The summed E-state index contributed by atoms with van der Waals surface area (Å²) >= 11 is 0. The van der Waals surface area contributed by atoms with Gasteiger partial charge in [-0.15, -0.1) is 0 Å². The lowest BCUT2D eigenvalue weighted by molar-refractivity contribution is 0.0683. The van der Waals surface area contributed by atoms with Crippen LogP contribution in [0.25, 0.3) is 11.0 Å². The fourth-order valence-corrected chi connectivity index (χ4v) is 4.77. The number of aromatic nitrogens is 5. The molecule has 1 aliphatic carbocycles. The van der Waals surface area contributed by atoms with Crippen LogP contribution in [0.5, 0.6) is 0 Å². The minimum absolute atomic E-state index is 0.147. The Balaban J connectivity index is 0.000000967. The number of aromatic carboxylic acids is 1. The standard InChI is InChI=1S/C22H28N8O3.C2H7N/c31-10-9-28-5-7-29(8-6-28)19-14-23-18(13-24-19)26-22-25-12-15-11-17(21(32)33)30(20(15)27-22)16-3-1-2-4-16;1-3-2/h11-14,16,31H,1-10H2,(H,32,33)(H,23,25,26,27);3H,1-2H3. The van der Waals surface area contributed by atoms with E-state index in [2.05, 4.69) is 40.4 Å². The van der Waals surface area contributed by atoms with E-state index in [-0.39, 0.29) is 18.3 Å². The average molecular weight is 498 g/mol. The largest absolute Gasteiger partial charge is 0.477 e.